The SMILES string of the molecule is N#CC(C#N)=CNc1cccc(C(=O)Nc2ccc(F)c(Cl)c2)c1. The number of nitrogens with one attached hydrogen (secondary N) is 2. The lowest BCUT2D eigenvalue weighted by molar-refractivity contribution is 0.102. The van der Waals surface area contributed by atoms with Crippen molar-refractivity contribution in [2.45, 2.75) is 0 Å². The summed E-state index contributed by atoms with van der Waals surface area (Å²) in [7, 11) is 0. The minimum Gasteiger partial charge on any atom is -0.360 e. The van der Waals surface area contributed by atoms with Crippen LogP contribution in [0.25, 0.3) is 0 Å². The van der Waals surface area contributed by atoms with E-state index in [1.807, 2.05) is 0 Å². The highest BCUT2D eigenvalue weighted by Gasteiger charge is 2.08. The summed E-state index contributed by atoms with van der Waals surface area (Å²) in [6.45, 7) is 0. The Kier molecular flexibility index (Phi) is 5.51. The van der Waals surface area contributed by atoms with E-state index in [9.17, 15) is 9.18 Å². The first-order chi connectivity index (χ1) is 11.5. The molecule has 0 saturated heterocycles. The van der Waals surface area contributed by atoms with E-state index >= 15 is 0 Å². The zero-order chi connectivity index (χ0) is 17.5. The van der Waals surface area contributed by atoms with Crippen molar-refractivity contribution in [3.8, 4) is 12.1 Å². The standard InChI is InChI=1S/C17H10ClFN4O/c18-15-7-14(4-5-16(15)19)23-17(24)12-2-1-3-13(6-12)22-10-11(8-20)9-21/h1-7,10,22H,(H,23,24). The van der Waals surface area contributed by atoms with Crippen LogP contribution in [0.5, 0.6) is 0 Å². The minimum atomic E-state index is -0.571. The molecule has 0 aliphatic rings. The molecule has 0 radical (unpaired) electrons. The van der Waals surface area contributed by atoms with Crippen LogP contribution < -0.4 is 10.6 Å². The Bertz CT molecular complexity index is 880. The highest BCUT2D eigenvalue weighted by molar-refractivity contribution is 6.31. The van der Waals surface area contributed by atoms with E-state index in [0.717, 1.165) is 6.07 Å². The third-order valence-electron chi connectivity index (χ3n) is 2.93. The number of halogens is 2. The van der Waals surface area contributed by atoms with Crippen LogP contribution in [0.2, 0.25) is 5.02 Å². The quantitative estimate of drug-likeness (QED) is 0.821. The van der Waals surface area contributed by atoms with E-state index in [-0.39, 0.29) is 10.6 Å². The van der Waals surface area contributed by atoms with Crippen LogP contribution in [0.3, 0.4) is 0 Å². The van der Waals surface area contributed by atoms with Crippen molar-refractivity contribution in [3.63, 3.8) is 0 Å². The second-order valence-electron chi connectivity index (χ2n) is 4.59. The molecule has 1 amide bonds. The number of allylic oxidation sites excluding steroid dienone is 1. The first kappa shape index (κ1) is 17.0. The summed E-state index contributed by atoms with van der Waals surface area (Å²) in [5, 5.41) is 22.6. The van der Waals surface area contributed by atoms with Gasteiger partial charge in [0.15, 0.2) is 0 Å². The third-order valence-corrected chi connectivity index (χ3v) is 3.22. The molecule has 118 valence electrons. The van der Waals surface area contributed by atoms with Crippen molar-refractivity contribution in [2.75, 3.05) is 10.6 Å². The maximum Gasteiger partial charge on any atom is 0.255 e. The zero-order valence-corrected chi connectivity index (χ0v) is 12.9. The van der Waals surface area contributed by atoms with E-state index in [0.29, 0.717) is 16.9 Å². The van der Waals surface area contributed by atoms with Crippen molar-refractivity contribution in [1.29, 1.82) is 10.5 Å². The summed E-state index contributed by atoms with van der Waals surface area (Å²) >= 11 is 5.67. The fraction of sp³-hybridized carbons (Fsp3) is 0. The molecule has 0 saturated carbocycles. The largest absolute Gasteiger partial charge is 0.360 e. The van der Waals surface area contributed by atoms with Crippen LogP contribution in [0, 0.1) is 28.5 Å². The van der Waals surface area contributed by atoms with E-state index in [1.54, 1.807) is 36.4 Å². The van der Waals surface area contributed by atoms with Crippen LogP contribution in [-0.4, -0.2) is 5.91 Å². The van der Waals surface area contributed by atoms with Gasteiger partial charge < -0.3 is 10.6 Å². The zero-order valence-electron chi connectivity index (χ0n) is 12.2. The van der Waals surface area contributed by atoms with Crippen molar-refractivity contribution in [2.24, 2.45) is 0 Å². The van der Waals surface area contributed by atoms with Crippen LogP contribution in [-0.2, 0) is 0 Å². The predicted molar refractivity (Wildman–Crippen MR) is 88.7 cm³/mol. The topological polar surface area (TPSA) is 88.7 Å². The molecule has 0 bridgehead atoms. The van der Waals surface area contributed by atoms with Crippen molar-refractivity contribution < 1.29 is 9.18 Å². The highest BCUT2D eigenvalue weighted by Crippen LogP contribution is 2.20. The lowest BCUT2D eigenvalue weighted by atomic mass is 10.2. The van der Waals surface area contributed by atoms with E-state index < -0.39 is 11.7 Å². The third kappa shape index (κ3) is 4.33. The molecule has 5 nitrogen and oxygen atoms in total. The van der Waals surface area contributed by atoms with Gasteiger partial charge in [0.1, 0.15) is 23.5 Å². The number of benzene rings is 2. The van der Waals surface area contributed by atoms with E-state index in [1.165, 1.54) is 18.3 Å². The molecule has 2 rings (SSSR count). The Labute approximate surface area is 142 Å². The van der Waals surface area contributed by atoms with Gasteiger partial charge in [-0.25, -0.2) is 4.39 Å². The van der Waals surface area contributed by atoms with E-state index in [4.69, 9.17) is 22.1 Å². The second-order valence-corrected chi connectivity index (χ2v) is 5.00. The predicted octanol–water partition coefficient (Wildman–Crippen LogP) is 4.07. The molecule has 0 unspecified atom stereocenters. The Balaban J connectivity index is 2.14. The Hall–Kier alpha value is -3.35. The summed E-state index contributed by atoms with van der Waals surface area (Å²) in [6.07, 6.45) is 1.25. The summed E-state index contributed by atoms with van der Waals surface area (Å²) in [5.74, 6) is -0.982. The first-order valence-electron chi connectivity index (χ1n) is 6.67. The molecule has 0 aliphatic heterocycles. The number of nitrogens with zero attached hydrogens (tertiary/aromatic N) is 2. The number of hydrogen-bond donors (Lipinski definition) is 2. The van der Waals surface area contributed by atoms with Gasteiger partial charge in [-0.3, -0.25) is 4.79 Å². The van der Waals surface area contributed by atoms with Gasteiger partial charge in [-0.05, 0) is 36.4 Å². The van der Waals surface area contributed by atoms with Gasteiger partial charge in [0, 0.05) is 23.1 Å². The summed E-state index contributed by atoms with van der Waals surface area (Å²) in [5.41, 5.74) is 1.14. The van der Waals surface area contributed by atoms with Crippen LogP contribution >= 0.6 is 11.6 Å². The monoisotopic (exact) mass is 340 g/mol. The Morgan fingerprint density at radius 2 is 1.88 bits per heavy atom. The average Bonchev–Trinajstić information content (AvgIpc) is 2.59. The lowest BCUT2D eigenvalue weighted by Crippen LogP contribution is -2.12. The number of amides is 1. The summed E-state index contributed by atoms with van der Waals surface area (Å²) in [4.78, 5) is 12.2. The molecule has 2 aromatic rings. The van der Waals surface area contributed by atoms with Gasteiger partial charge in [0.05, 0.1) is 5.02 Å². The van der Waals surface area contributed by atoms with Gasteiger partial charge >= 0.3 is 0 Å². The molecular formula is C17H10ClFN4O. The molecule has 24 heavy (non-hydrogen) atoms. The van der Waals surface area contributed by atoms with E-state index in [2.05, 4.69) is 10.6 Å². The average molecular weight is 341 g/mol. The van der Waals surface area contributed by atoms with Gasteiger partial charge in [-0.1, -0.05) is 17.7 Å². The Morgan fingerprint density at radius 3 is 2.54 bits per heavy atom. The number of carbonyl (C=O) groups excluding carboxylic acids is 1. The maximum atomic E-state index is 13.1. The second kappa shape index (κ2) is 7.77. The van der Waals surface area contributed by atoms with Crippen LogP contribution in [0.15, 0.2) is 54.2 Å². The smallest absolute Gasteiger partial charge is 0.255 e. The van der Waals surface area contributed by atoms with Crippen LogP contribution in [0.4, 0.5) is 15.8 Å². The van der Waals surface area contributed by atoms with Crippen molar-refractivity contribution in [3.05, 3.63) is 70.6 Å². The summed E-state index contributed by atoms with van der Waals surface area (Å²) < 4.78 is 13.1. The van der Waals surface area contributed by atoms with Crippen LogP contribution in [0.1, 0.15) is 10.4 Å². The normalized spacial score (nSPS) is 9.33. The molecule has 0 aliphatic carbocycles. The molecule has 2 N–H and O–H groups in total. The molecule has 2 aromatic carbocycles. The molecule has 0 spiro atoms. The number of hydrogen-bond acceptors (Lipinski definition) is 4. The molecule has 0 aromatic heterocycles. The number of nitriles is 2. The summed E-state index contributed by atoms with van der Waals surface area (Å²) in [6, 6.07) is 13.8. The van der Waals surface area contributed by atoms with Gasteiger partial charge in [-0.2, -0.15) is 10.5 Å². The fourth-order valence-corrected chi connectivity index (χ4v) is 1.95. The molecule has 0 fully saturated rings. The van der Waals surface area contributed by atoms with Gasteiger partial charge in [0.2, 0.25) is 0 Å². The molecule has 7 heteroatoms. The van der Waals surface area contributed by atoms with Gasteiger partial charge in [0.25, 0.3) is 5.91 Å². The van der Waals surface area contributed by atoms with Gasteiger partial charge in [-0.15, -0.1) is 0 Å². The Morgan fingerprint density at radius 1 is 1.12 bits per heavy atom. The minimum absolute atomic E-state index is 0.0890. The van der Waals surface area contributed by atoms with Crippen molar-refractivity contribution >= 4 is 28.9 Å². The molecule has 0 heterocycles. The number of rotatable bonds is 4. The number of carbonyl (C=O) groups is 1. The maximum absolute atomic E-state index is 13.1. The van der Waals surface area contributed by atoms with Crippen molar-refractivity contribution in [1.82, 2.24) is 0 Å². The first-order valence-corrected chi connectivity index (χ1v) is 7.04. The molecule has 0 atom stereocenters. The molecular weight excluding hydrogens is 331 g/mol. The lowest BCUT2D eigenvalue weighted by Gasteiger charge is -2.08. The highest BCUT2D eigenvalue weighted by atomic mass is 35.5. The number of anilines is 2. The fourth-order valence-electron chi connectivity index (χ4n) is 1.77.